The van der Waals surface area contributed by atoms with E-state index in [2.05, 4.69) is 22.2 Å². The number of nitrogens with zero attached hydrogens (tertiary/aromatic N) is 3. The van der Waals surface area contributed by atoms with Gasteiger partial charge in [0.1, 0.15) is 10.7 Å². The molecule has 2 fully saturated rings. The first kappa shape index (κ1) is 16.5. The van der Waals surface area contributed by atoms with E-state index in [0.717, 1.165) is 12.8 Å². The van der Waals surface area contributed by atoms with Crippen LogP contribution in [0, 0.1) is 5.92 Å². The highest BCUT2D eigenvalue weighted by molar-refractivity contribution is 7.98. The number of carbonyl (C=O) groups excluding carboxylic acids is 2. The number of amides is 3. The van der Waals surface area contributed by atoms with Crippen LogP contribution in [0.1, 0.15) is 38.3 Å². The van der Waals surface area contributed by atoms with Crippen molar-refractivity contribution in [1.29, 1.82) is 0 Å². The van der Waals surface area contributed by atoms with Crippen LogP contribution in [0.3, 0.4) is 0 Å². The lowest BCUT2D eigenvalue weighted by Crippen LogP contribution is -2.49. The third-order valence-corrected chi connectivity index (χ3v) is 5.35. The predicted molar refractivity (Wildman–Crippen MR) is 88.3 cm³/mol. The summed E-state index contributed by atoms with van der Waals surface area (Å²) >= 11 is 7.34. The maximum Gasteiger partial charge on any atom is 0.325 e. The van der Waals surface area contributed by atoms with Gasteiger partial charge in [0, 0.05) is 0 Å². The van der Waals surface area contributed by atoms with Crippen LogP contribution in [0.15, 0.2) is 11.2 Å². The zero-order valence-corrected chi connectivity index (χ0v) is 14.7. The van der Waals surface area contributed by atoms with Gasteiger partial charge in [-0.05, 0) is 43.9 Å². The second kappa shape index (κ2) is 6.28. The summed E-state index contributed by atoms with van der Waals surface area (Å²) in [6.07, 6.45) is 5.17. The van der Waals surface area contributed by atoms with Gasteiger partial charge in [0.15, 0.2) is 5.16 Å². The summed E-state index contributed by atoms with van der Waals surface area (Å²) in [4.78, 5) is 34.7. The minimum absolute atomic E-state index is 0.123. The predicted octanol–water partition coefficient (Wildman–Crippen LogP) is 2.85. The minimum Gasteiger partial charge on any atom is -0.323 e. The van der Waals surface area contributed by atoms with Crippen LogP contribution in [0.2, 0.25) is 5.15 Å². The van der Waals surface area contributed by atoms with E-state index in [4.69, 9.17) is 11.6 Å². The second-order valence-electron chi connectivity index (χ2n) is 6.25. The fraction of sp³-hybridized carbons (Fsp3) is 0.600. The van der Waals surface area contributed by atoms with Crippen molar-refractivity contribution in [2.45, 2.75) is 49.8 Å². The number of rotatable bonds is 3. The van der Waals surface area contributed by atoms with Crippen molar-refractivity contribution < 1.29 is 9.59 Å². The number of halogens is 1. The number of hydrogen-bond donors (Lipinski definition) is 1. The molecule has 1 aromatic rings. The van der Waals surface area contributed by atoms with E-state index in [1.165, 1.54) is 16.7 Å². The molecular formula is C15H19ClN4O2S. The molecule has 0 radical (unpaired) electrons. The van der Waals surface area contributed by atoms with Gasteiger partial charge >= 0.3 is 6.03 Å². The van der Waals surface area contributed by atoms with E-state index in [-0.39, 0.29) is 18.5 Å². The van der Waals surface area contributed by atoms with E-state index in [9.17, 15) is 9.59 Å². The largest absolute Gasteiger partial charge is 0.325 e. The molecule has 0 atom stereocenters. The molecular weight excluding hydrogens is 336 g/mol. The molecule has 1 N–H and O–H groups in total. The maximum atomic E-state index is 12.8. The van der Waals surface area contributed by atoms with Crippen LogP contribution in [-0.2, 0) is 11.3 Å². The molecule has 23 heavy (non-hydrogen) atoms. The summed E-state index contributed by atoms with van der Waals surface area (Å²) in [5, 5.41) is 3.75. The number of urea groups is 1. The standard InChI is InChI=1S/C15H19ClN4O2S/c1-9-3-5-15(6-4-9)12(21)20(14(22)19-15)8-10-7-11(16)18-13(17-10)23-2/h7,9H,3-6,8H2,1-2H3,(H,19,22). The Morgan fingerprint density at radius 1 is 1.39 bits per heavy atom. The highest BCUT2D eigenvalue weighted by Crippen LogP contribution is 2.36. The third-order valence-electron chi connectivity index (χ3n) is 4.60. The van der Waals surface area contributed by atoms with Crippen LogP contribution < -0.4 is 5.32 Å². The molecule has 0 bridgehead atoms. The first-order valence-corrected chi connectivity index (χ1v) is 9.25. The Morgan fingerprint density at radius 3 is 2.74 bits per heavy atom. The number of carbonyl (C=O) groups is 2. The average molecular weight is 355 g/mol. The molecule has 3 rings (SSSR count). The van der Waals surface area contributed by atoms with Gasteiger partial charge in [0.2, 0.25) is 0 Å². The van der Waals surface area contributed by atoms with Gasteiger partial charge < -0.3 is 5.32 Å². The van der Waals surface area contributed by atoms with Gasteiger partial charge in [-0.2, -0.15) is 0 Å². The molecule has 1 aliphatic heterocycles. The van der Waals surface area contributed by atoms with Gasteiger partial charge in [-0.15, -0.1) is 0 Å². The van der Waals surface area contributed by atoms with Crippen molar-refractivity contribution in [3.63, 3.8) is 0 Å². The molecule has 1 saturated heterocycles. The fourth-order valence-electron chi connectivity index (χ4n) is 3.19. The lowest BCUT2D eigenvalue weighted by Gasteiger charge is -2.33. The Bertz CT molecular complexity index is 646. The Hall–Kier alpha value is -1.34. The first-order valence-electron chi connectivity index (χ1n) is 7.65. The zero-order chi connectivity index (χ0) is 16.6. The number of nitrogens with one attached hydrogen (secondary N) is 1. The average Bonchev–Trinajstić information content (AvgIpc) is 2.74. The van der Waals surface area contributed by atoms with E-state index < -0.39 is 5.54 Å². The van der Waals surface area contributed by atoms with Gasteiger partial charge in [0.25, 0.3) is 5.91 Å². The van der Waals surface area contributed by atoms with Crippen molar-refractivity contribution in [3.05, 3.63) is 16.9 Å². The van der Waals surface area contributed by atoms with Crippen molar-refractivity contribution in [2.24, 2.45) is 5.92 Å². The Labute approximate surface area is 144 Å². The molecule has 2 aliphatic rings. The molecule has 124 valence electrons. The topological polar surface area (TPSA) is 75.2 Å². The molecule has 8 heteroatoms. The third kappa shape index (κ3) is 3.17. The Kier molecular flexibility index (Phi) is 4.51. The molecule has 1 aliphatic carbocycles. The van der Waals surface area contributed by atoms with Crippen LogP contribution in [-0.4, -0.2) is 38.6 Å². The van der Waals surface area contributed by atoms with E-state index in [1.54, 1.807) is 6.07 Å². The Morgan fingerprint density at radius 2 is 2.09 bits per heavy atom. The fourth-order valence-corrected chi connectivity index (χ4v) is 3.84. The Balaban J connectivity index is 1.80. The summed E-state index contributed by atoms with van der Waals surface area (Å²) < 4.78 is 0. The molecule has 1 spiro atoms. The monoisotopic (exact) mass is 354 g/mol. The van der Waals surface area contributed by atoms with Crippen molar-refractivity contribution >= 4 is 35.3 Å². The van der Waals surface area contributed by atoms with Crippen molar-refractivity contribution in [1.82, 2.24) is 20.2 Å². The van der Waals surface area contributed by atoms with Crippen LogP contribution in [0.4, 0.5) is 4.79 Å². The lowest BCUT2D eigenvalue weighted by molar-refractivity contribution is -0.133. The smallest absolute Gasteiger partial charge is 0.323 e. The molecule has 0 unspecified atom stereocenters. The summed E-state index contributed by atoms with van der Waals surface area (Å²) in [5.41, 5.74) is -0.151. The van der Waals surface area contributed by atoms with Crippen molar-refractivity contribution in [3.8, 4) is 0 Å². The summed E-state index contributed by atoms with van der Waals surface area (Å²) in [5.74, 6) is 0.457. The molecule has 3 amide bonds. The van der Waals surface area contributed by atoms with Gasteiger partial charge in [-0.3, -0.25) is 9.69 Å². The molecule has 0 aromatic carbocycles. The minimum atomic E-state index is -0.719. The first-order chi connectivity index (χ1) is 10.9. The van der Waals surface area contributed by atoms with Crippen LogP contribution in [0.5, 0.6) is 0 Å². The highest BCUT2D eigenvalue weighted by Gasteiger charge is 2.52. The number of aromatic nitrogens is 2. The summed E-state index contributed by atoms with van der Waals surface area (Å²) in [6.45, 7) is 2.30. The van der Waals surface area contributed by atoms with E-state index in [1.807, 2.05) is 6.26 Å². The second-order valence-corrected chi connectivity index (χ2v) is 7.42. The van der Waals surface area contributed by atoms with E-state index >= 15 is 0 Å². The molecule has 6 nitrogen and oxygen atoms in total. The van der Waals surface area contributed by atoms with Crippen LogP contribution >= 0.6 is 23.4 Å². The van der Waals surface area contributed by atoms with Gasteiger partial charge in [-0.1, -0.05) is 30.3 Å². The number of thioether (sulfide) groups is 1. The SMILES string of the molecule is CSc1nc(Cl)cc(CN2C(=O)NC3(CCC(C)CC3)C2=O)n1. The highest BCUT2D eigenvalue weighted by atomic mass is 35.5. The van der Waals surface area contributed by atoms with E-state index in [0.29, 0.717) is 34.8 Å². The number of hydrogen-bond acceptors (Lipinski definition) is 5. The van der Waals surface area contributed by atoms with Crippen molar-refractivity contribution in [2.75, 3.05) is 6.26 Å². The molecule has 1 saturated carbocycles. The van der Waals surface area contributed by atoms with Crippen LogP contribution in [0.25, 0.3) is 0 Å². The number of imide groups is 1. The molecule has 2 heterocycles. The maximum absolute atomic E-state index is 12.8. The summed E-state index contributed by atoms with van der Waals surface area (Å²) in [7, 11) is 0. The van der Waals surface area contributed by atoms with Gasteiger partial charge in [0.05, 0.1) is 12.2 Å². The molecule has 1 aromatic heterocycles. The normalized spacial score (nSPS) is 27.6. The zero-order valence-electron chi connectivity index (χ0n) is 13.1. The van der Waals surface area contributed by atoms with Gasteiger partial charge in [-0.25, -0.2) is 14.8 Å². The lowest BCUT2D eigenvalue weighted by atomic mass is 9.77. The summed E-state index contributed by atoms with van der Waals surface area (Å²) in [6, 6.07) is 1.25. The quantitative estimate of drug-likeness (QED) is 0.391.